The molecule has 0 aliphatic carbocycles. The highest BCUT2D eigenvalue weighted by Crippen LogP contribution is 2.18. The minimum atomic E-state index is -0.113. The lowest BCUT2D eigenvalue weighted by atomic mass is 10.2. The van der Waals surface area contributed by atoms with Crippen molar-refractivity contribution in [3.05, 3.63) is 70.4 Å². The first-order valence-corrected chi connectivity index (χ1v) is 7.03. The van der Waals surface area contributed by atoms with Gasteiger partial charge in [0.1, 0.15) is 11.3 Å². The molecule has 0 saturated heterocycles. The molecule has 3 rings (SSSR count). The van der Waals surface area contributed by atoms with Gasteiger partial charge < -0.3 is 9.73 Å². The van der Waals surface area contributed by atoms with Crippen molar-refractivity contribution in [2.45, 2.75) is 6.54 Å². The first-order valence-electron chi connectivity index (χ1n) is 6.23. The molecule has 1 N–H and O–H groups in total. The van der Waals surface area contributed by atoms with Crippen molar-refractivity contribution in [1.82, 2.24) is 5.32 Å². The van der Waals surface area contributed by atoms with Gasteiger partial charge in [0.15, 0.2) is 0 Å². The zero-order chi connectivity index (χ0) is 13.9. The van der Waals surface area contributed by atoms with Crippen molar-refractivity contribution in [1.29, 1.82) is 0 Å². The van der Waals surface area contributed by atoms with E-state index in [1.54, 1.807) is 12.1 Å². The molecule has 0 aliphatic rings. The van der Waals surface area contributed by atoms with Crippen LogP contribution in [-0.2, 0) is 6.54 Å². The number of hydrogen-bond donors (Lipinski definition) is 1. The molecule has 3 nitrogen and oxygen atoms in total. The monoisotopic (exact) mass is 329 g/mol. The second-order valence-electron chi connectivity index (χ2n) is 4.44. The summed E-state index contributed by atoms with van der Waals surface area (Å²) in [7, 11) is 0. The number of furan rings is 1. The number of carbonyl (C=O) groups excluding carboxylic acids is 1. The highest BCUT2D eigenvalue weighted by atomic mass is 79.9. The highest BCUT2D eigenvalue weighted by molar-refractivity contribution is 9.10. The van der Waals surface area contributed by atoms with Crippen LogP contribution in [0.3, 0.4) is 0 Å². The summed E-state index contributed by atoms with van der Waals surface area (Å²) in [6, 6.07) is 17.0. The van der Waals surface area contributed by atoms with Gasteiger partial charge in [0.2, 0.25) is 0 Å². The van der Waals surface area contributed by atoms with Gasteiger partial charge in [-0.3, -0.25) is 4.79 Å². The van der Waals surface area contributed by atoms with Crippen LogP contribution in [0.15, 0.2) is 63.5 Å². The normalized spacial score (nSPS) is 10.7. The summed E-state index contributed by atoms with van der Waals surface area (Å²) in [4.78, 5) is 12.0. The summed E-state index contributed by atoms with van der Waals surface area (Å²) in [5.74, 6) is 0.634. The molecule has 0 radical (unpaired) electrons. The molecule has 4 heteroatoms. The summed E-state index contributed by atoms with van der Waals surface area (Å²) >= 11 is 3.34. The maximum Gasteiger partial charge on any atom is 0.251 e. The third-order valence-electron chi connectivity index (χ3n) is 3.01. The number of carbonyl (C=O) groups is 1. The topological polar surface area (TPSA) is 42.2 Å². The number of halogens is 1. The molecular weight excluding hydrogens is 318 g/mol. The van der Waals surface area contributed by atoms with Gasteiger partial charge in [-0.1, -0.05) is 34.1 Å². The van der Waals surface area contributed by atoms with Crippen LogP contribution in [0.25, 0.3) is 11.0 Å². The zero-order valence-corrected chi connectivity index (χ0v) is 12.2. The average molecular weight is 330 g/mol. The van der Waals surface area contributed by atoms with E-state index in [9.17, 15) is 4.79 Å². The molecule has 0 bridgehead atoms. The number of hydrogen-bond acceptors (Lipinski definition) is 2. The van der Waals surface area contributed by atoms with Gasteiger partial charge in [-0.25, -0.2) is 0 Å². The standard InChI is InChI=1S/C16H12BrNO2/c17-13-7-5-11(6-8-13)16(19)18-10-14-9-12-3-1-2-4-15(12)20-14/h1-9H,10H2,(H,18,19). The third-order valence-corrected chi connectivity index (χ3v) is 3.53. The van der Waals surface area contributed by atoms with Gasteiger partial charge in [-0.05, 0) is 36.4 Å². The largest absolute Gasteiger partial charge is 0.459 e. The Balaban J connectivity index is 1.69. The van der Waals surface area contributed by atoms with Gasteiger partial charge in [0.05, 0.1) is 6.54 Å². The first kappa shape index (κ1) is 12.9. The van der Waals surface area contributed by atoms with E-state index in [2.05, 4.69) is 21.2 Å². The van der Waals surface area contributed by atoms with Crippen molar-refractivity contribution in [2.24, 2.45) is 0 Å². The Bertz CT molecular complexity index is 714. The van der Waals surface area contributed by atoms with Gasteiger partial charge >= 0.3 is 0 Å². The lowest BCUT2D eigenvalue weighted by molar-refractivity contribution is 0.0948. The van der Waals surface area contributed by atoms with E-state index in [0.29, 0.717) is 12.1 Å². The second-order valence-corrected chi connectivity index (χ2v) is 5.36. The average Bonchev–Trinajstić information content (AvgIpc) is 2.88. The predicted molar refractivity (Wildman–Crippen MR) is 81.5 cm³/mol. The van der Waals surface area contributed by atoms with E-state index < -0.39 is 0 Å². The fraction of sp³-hybridized carbons (Fsp3) is 0.0625. The molecule has 0 fully saturated rings. The molecule has 1 amide bonds. The minimum absolute atomic E-state index is 0.113. The number of nitrogens with one attached hydrogen (secondary N) is 1. The molecule has 0 saturated carbocycles. The molecule has 20 heavy (non-hydrogen) atoms. The fourth-order valence-electron chi connectivity index (χ4n) is 1.99. The summed E-state index contributed by atoms with van der Waals surface area (Å²) in [6.45, 7) is 0.379. The van der Waals surface area contributed by atoms with Crippen molar-refractivity contribution in [3.63, 3.8) is 0 Å². The lowest BCUT2D eigenvalue weighted by Gasteiger charge is -2.03. The van der Waals surface area contributed by atoms with E-state index in [0.717, 1.165) is 21.2 Å². The van der Waals surface area contributed by atoms with Crippen LogP contribution >= 0.6 is 15.9 Å². The van der Waals surface area contributed by atoms with Crippen LogP contribution in [0.5, 0.6) is 0 Å². The van der Waals surface area contributed by atoms with Gasteiger partial charge in [0, 0.05) is 15.4 Å². The summed E-state index contributed by atoms with van der Waals surface area (Å²) in [5, 5.41) is 3.89. The van der Waals surface area contributed by atoms with Crippen molar-refractivity contribution >= 4 is 32.8 Å². The molecule has 0 aliphatic heterocycles. The molecule has 1 aromatic heterocycles. The Morgan fingerprint density at radius 2 is 1.85 bits per heavy atom. The van der Waals surface area contributed by atoms with Crippen LogP contribution in [0, 0.1) is 0 Å². The van der Waals surface area contributed by atoms with Crippen molar-refractivity contribution < 1.29 is 9.21 Å². The van der Waals surface area contributed by atoms with Gasteiger partial charge in [-0.2, -0.15) is 0 Å². The van der Waals surface area contributed by atoms with Crippen LogP contribution in [-0.4, -0.2) is 5.91 Å². The summed E-state index contributed by atoms with van der Waals surface area (Å²) in [5.41, 5.74) is 1.46. The number of fused-ring (bicyclic) bond motifs is 1. The summed E-state index contributed by atoms with van der Waals surface area (Å²) in [6.07, 6.45) is 0. The number of benzene rings is 2. The Morgan fingerprint density at radius 3 is 2.60 bits per heavy atom. The smallest absolute Gasteiger partial charge is 0.251 e. The van der Waals surface area contributed by atoms with E-state index in [1.807, 2.05) is 42.5 Å². The number of rotatable bonds is 3. The first-order chi connectivity index (χ1) is 9.72. The van der Waals surface area contributed by atoms with E-state index >= 15 is 0 Å². The number of para-hydroxylation sites is 1. The third kappa shape index (κ3) is 2.75. The maximum absolute atomic E-state index is 12.0. The number of amides is 1. The van der Waals surface area contributed by atoms with Crippen LogP contribution in [0.4, 0.5) is 0 Å². The quantitative estimate of drug-likeness (QED) is 0.785. The molecule has 0 atom stereocenters. The minimum Gasteiger partial charge on any atom is -0.459 e. The van der Waals surface area contributed by atoms with Gasteiger partial charge in [-0.15, -0.1) is 0 Å². The Hall–Kier alpha value is -2.07. The molecular formula is C16H12BrNO2. The maximum atomic E-state index is 12.0. The Kier molecular flexibility index (Phi) is 3.56. The lowest BCUT2D eigenvalue weighted by Crippen LogP contribution is -2.22. The van der Waals surface area contributed by atoms with Crippen molar-refractivity contribution in [2.75, 3.05) is 0 Å². The molecule has 0 unspecified atom stereocenters. The highest BCUT2D eigenvalue weighted by Gasteiger charge is 2.07. The Labute approximate surface area is 124 Å². The van der Waals surface area contributed by atoms with Crippen LogP contribution in [0.2, 0.25) is 0 Å². The fourth-order valence-corrected chi connectivity index (χ4v) is 2.26. The predicted octanol–water partition coefficient (Wildman–Crippen LogP) is 4.13. The second kappa shape index (κ2) is 5.51. The van der Waals surface area contributed by atoms with E-state index in [1.165, 1.54) is 0 Å². The summed E-state index contributed by atoms with van der Waals surface area (Å²) < 4.78 is 6.60. The van der Waals surface area contributed by atoms with Gasteiger partial charge in [0.25, 0.3) is 5.91 Å². The zero-order valence-electron chi connectivity index (χ0n) is 10.6. The molecule has 100 valence electrons. The molecule has 3 aromatic rings. The molecule has 1 heterocycles. The molecule has 2 aromatic carbocycles. The SMILES string of the molecule is O=C(NCc1cc2ccccc2o1)c1ccc(Br)cc1. The molecule has 0 spiro atoms. The van der Waals surface area contributed by atoms with Crippen molar-refractivity contribution in [3.8, 4) is 0 Å². The Morgan fingerprint density at radius 1 is 1.10 bits per heavy atom. The van der Waals surface area contributed by atoms with E-state index in [-0.39, 0.29) is 5.91 Å². The van der Waals surface area contributed by atoms with E-state index in [4.69, 9.17) is 4.42 Å². The van der Waals surface area contributed by atoms with Crippen LogP contribution in [0.1, 0.15) is 16.1 Å². The van der Waals surface area contributed by atoms with Crippen LogP contribution < -0.4 is 5.32 Å².